The number of hydrogen-bond acceptors (Lipinski definition) is 3. The highest BCUT2D eigenvalue weighted by atomic mass is 19.4. The SMILES string of the molecule is Cc1cc(C(=O)Nc2ccccc2CCC(F)(F)F)cc(C)c1OCC(=O)O. The van der Waals surface area contributed by atoms with Crippen molar-refractivity contribution >= 4 is 17.6 Å². The molecule has 2 N–H and O–H groups in total. The summed E-state index contributed by atoms with van der Waals surface area (Å²) in [5.41, 5.74) is 2.16. The fraction of sp³-hybridized carbons (Fsp3) is 0.300. The zero-order valence-corrected chi connectivity index (χ0v) is 15.4. The molecule has 0 saturated heterocycles. The van der Waals surface area contributed by atoms with Gasteiger partial charge in [-0.25, -0.2) is 4.79 Å². The summed E-state index contributed by atoms with van der Waals surface area (Å²) in [5, 5.41) is 11.4. The van der Waals surface area contributed by atoms with Gasteiger partial charge in [0, 0.05) is 17.7 Å². The number of anilines is 1. The predicted octanol–water partition coefficient (Wildman–Crippen LogP) is 4.51. The van der Waals surface area contributed by atoms with Crippen LogP contribution < -0.4 is 10.1 Å². The summed E-state index contributed by atoms with van der Waals surface area (Å²) < 4.78 is 42.7. The molecule has 150 valence electrons. The highest BCUT2D eigenvalue weighted by Gasteiger charge is 2.27. The van der Waals surface area contributed by atoms with Gasteiger partial charge in [0.15, 0.2) is 6.61 Å². The van der Waals surface area contributed by atoms with Crippen LogP contribution in [0.15, 0.2) is 36.4 Å². The molecule has 0 fully saturated rings. The van der Waals surface area contributed by atoms with Crippen molar-refractivity contribution in [1.29, 1.82) is 0 Å². The number of carbonyl (C=O) groups is 2. The number of carbonyl (C=O) groups excluding carboxylic acids is 1. The fourth-order valence-corrected chi connectivity index (χ4v) is 2.77. The summed E-state index contributed by atoms with van der Waals surface area (Å²) in [6.45, 7) is 2.86. The van der Waals surface area contributed by atoms with Crippen LogP contribution in [-0.4, -0.2) is 29.8 Å². The molecule has 0 radical (unpaired) electrons. The van der Waals surface area contributed by atoms with Gasteiger partial charge in [0.05, 0.1) is 0 Å². The van der Waals surface area contributed by atoms with Crippen LogP contribution in [0.2, 0.25) is 0 Å². The number of alkyl halides is 3. The molecule has 0 aliphatic heterocycles. The number of aryl methyl sites for hydroxylation is 3. The minimum absolute atomic E-state index is 0.236. The van der Waals surface area contributed by atoms with Crippen molar-refractivity contribution < 1.29 is 32.6 Å². The second-order valence-corrected chi connectivity index (χ2v) is 6.35. The normalized spacial score (nSPS) is 11.2. The maximum absolute atomic E-state index is 12.6. The minimum Gasteiger partial charge on any atom is -0.481 e. The van der Waals surface area contributed by atoms with E-state index in [-0.39, 0.29) is 6.42 Å². The summed E-state index contributed by atoms with van der Waals surface area (Å²) >= 11 is 0. The maximum Gasteiger partial charge on any atom is 0.389 e. The van der Waals surface area contributed by atoms with Gasteiger partial charge in [0.2, 0.25) is 0 Å². The number of carboxylic acid groups (broad SMARTS) is 1. The number of amides is 1. The van der Waals surface area contributed by atoms with E-state index in [1.807, 2.05) is 0 Å². The van der Waals surface area contributed by atoms with E-state index in [1.54, 1.807) is 38.1 Å². The second kappa shape index (κ2) is 8.77. The van der Waals surface area contributed by atoms with Crippen molar-refractivity contribution in [3.8, 4) is 5.75 Å². The number of para-hydroxylation sites is 1. The molecule has 0 atom stereocenters. The van der Waals surface area contributed by atoms with Crippen LogP contribution in [0, 0.1) is 13.8 Å². The molecule has 0 aromatic heterocycles. The lowest BCUT2D eigenvalue weighted by Crippen LogP contribution is -2.16. The molecule has 8 heteroatoms. The summed E-state index contributed by atoms with van der Waals surface area (Å²) in [6.07, 6.45) is -5.50. The topological polar surface area (TPSA) is 75.6 Å². The predicted molar refractivity (Wildman–Crippen MR) is 97.8 cm³/mol. The zero-order valence-electron chi connectivity index (χ0n) is 15.4. The van der Waals surface area contributed by atoms with E-state index in [0.29, 0.717) is 33.7 Å². The molecule has 2 aromatic rings. The third-order valence-electron chi connectivity index (χ3n) is 4.01. The van der Waals surface area contributed by atoms with Gasteiger partial charge in [0.1, 0.15) is 5.75 Å². The first kappa shape index (κ1) is 21.3. The van der Waals surface area contributed by atoms with Gasteiger partial charge < -0.3 is 15.2 Å². The lowest BCUT2D eigenvalue weighted by atomic mass is 10.0. The number of carboxylic acids is 1. The molecule has 0 bridgehead atoms. The summed E-state index contributed by atoms with van der Waals surface area (Å²) in [4.78, 5) is 23.2. The Morgan fingerprint density at radius 2 is 1.71 bits per heavy atom. The van der Waals surface area contributed by atoms with Crippen molar-refractivity contribution in [3.63, 3.8) is 0 Å². The van der Waals surface area contributed by atoms with Crippen LogP contribution in [0.1, 0.15) is 33.5 Å². The fourth-order valence-electron chi connectivity index (χ4n) is 2.77. The van der Waals surface area contributed by atoms with Crippen LogP contribution in [0.4, 0.5) is 18.9 Å². The van der Waals surface area contributed by atoms with E-state index in [0.717, 1.165) is 0 Å². The van der Waals surface area contributed by atoms with Gasteiger partial charge in [-0.3, -0.25) is 4.79 Å². The number of halogens is 3. The monoisotopic (exact) mass is 395 g/mol. The number of hydrogen-bond donors (Lipinski definition) is 2. The quantitative estimate of drug-likeness (QED) is 0.723. The summed E-state index contributed by atoms with van der Waals surface area (Å²) in [7, 11) is 0. The first-order valence-electron chi connectivity index (χ1n) is 8.48. The first-order chi connectivity index (χ1) is 13.1. The van der Waals surface area contributed by atoms with Crippen molar-refractivity contribution in [1.82, 2.24) is 0 Å². The Bertz CT molecular complexity index is 855. The molecule has 1 amide bonds. The standard InChI is InChI=1S/C20H20F3NO4/c1-12-9-15(10-13(2)18(12)28-11-17(25)26)19(27)24-16-6-4-3-5-14(16)7-8-20(21,22)23/h3-6,9-10H,7-8,11H2,1-2H3,(H,24,27)(H,25,26). The lowest BCUT2D eigenvalue weighted by molar-refractivity contribution is -0.139. The van der Waals surface area contributed by atoms with Gasteiger partial charge in [-0.15, -0.1) is 0 Å². The molecule has 28 heavy (non-hydrogen) atoms. The van der Waals surface area contributed by atoms with Crippen molar-refractivity contribution in [3.05, 3.63) is 58.7 Å². The van der Waals surface area contributed by atoms with E-state index >= 15 is 0 Å². The molecule has 0 aliphatic rings. The van der Waals surface area contributed by atoms with Crippen molar-refractivity contribution in [2.75, 3.05) is 11.9 Å². The summed E-state index contributed by atoms with van der Waals surface area (Å²) in [5.74, 6) is -1.21. The van der Waals surface area contributed by atoms with E-state index in [4.69, 9.17) is 9.84 Å². The minimum atomic E-state index is -4.28. The Hall–Kier alpha value is -3.03. The van der Waals surface area contributed by atoms with E-state index in [2.05, 4.69) is 5.32 Å². The van der Waals surface area contributed by atoms with Crippen LogP contribution in [0.3, 0.4) is 0 Å². The van der Waals surface area contributed by atoms with Crippen LogP contribution in [0.5, 0.6) is 5.75 Å². The number of rotatable bonds is 7. The van der Waals surface area contributed by atoms with Crippen molar-refractivity contribution in [2.24, 2.45) is 0 Å². The third kappa shape index (κ3) is 6.00. The van der Waals surface area contributed by atoms with Gasteiger partial charge in [-0.05, 0) is 55.2 Å². The van der Waals surface area contributed by atoms with Crippen LogP contribution >= 0.6 is 0 Å². The average molecular weight is 395 g/mol. The smallest absolute Gasteiger partial charge is 0.389 e. The molecule has 0 saturated carbocycles. The molecule has 0 spiro atoms. The first-order valence-corrected chi connectivity index (χ1v) is 8.48. The molecule has 0 aliphatic carbocycles. The van der Waals surface area contributed by atoms with Crippen LogP contribution in [-0.2, 0) is 11.2 Å². The van der Waals surface area contributed by atoms with Gasteiger partial charge in [-0.2, -0.15) is 13.2 Å². The third-order valence-corrected chi connectivity index (χ3v) is 4.01. The van der Waals surface area contributed by atoms with Gasteiger partial charge in [0.25, 0.3) is 5.91 Å². The van der Waals surface area contributed by atoms with Crippen molar-refractivity contribution in [2.45, 2.75) is 32.9 Å². The van der Waals surface area contributed by atoms with Crippen LogP contribution in [0.25, 0.3) is 0 Å². The molecule has 0 heterocycles. The molecular weight excluding hydrogens is 375 g/mol. The Balaban J connectivity index is 2.18. The highest BCUT2D eigenvalue weighted by molar-refractivity contribution is 6.05. The maximum atomic E-state index is 12.6. The number of aliphatic carboxylic acids is 1. The lowest BCUT2D eigenvalue weighted by Gasteiger charge is -2.15. The van der Waals surface area contributed by atoms with Gasteiger partial charge in [-0.1, -0.05) is 18.2 Å². The Morgan fingerprint density at radius 1 is 1.11 bits per heavy atom. The molecule has 2 rings (SSSR count). The molecule has 0 unspecified atom stereocenters. The second-order valence-electron chi connectivity index (χ2n) is 6.35. The highest BCUT2D eigenvalue weighted by Crippen LogP contribution is 2.27. The molecule has 2 aromatic carbocycles. The number of nitrogens with one attached hydrogen (secondary N) is 1. The Kier molecular flexibility index (Phi) is 6.66. The average Bonchev–Trinajstić information content (AvgIpc) is 2.59. The summed E-state index contributed by atoms with van der Waals surface area (Å²) in [6, 6.07) is 9.42. The molecular formula is C20H20F3NO4. The molecule has 5 nitrogen and oxygen atoms in total. The largest absolute Gasteiger partial charge is 0.481 e. The number of ether oxygens (including phenoxy) is 1. The Morgan fingerprint density at radius 3 is 2.29 bits per heavy atom. The van der Waals surface area contributed by atoms with E-state index in [9.17, 15) is 22.8 Å². The number of benzene rings is 2. The zero-order chi connectivity index (χ0) is 20.9. The van der Waals surface area contributed by atoms with E-state index in [1.165, 1.54) is 12.1 Å². The van der Waals surface area contributed by atoms with E-state index < -0.39 is 31.1 Å². The Labute approximate surface area is 160 Å². The van der Waals surface area contributed by atoms with Gasteiger partial charge >= 0.3 is 12.1 Å².